The largest absolute Gasteiger partial charge is 0.330 e. The van der Waals surface area contributed by atoms with Gasteiger partial charge in [0, 0.05) is 0 Å². The molecule has 82 valence electrons. The van der Waals surface area contributed by atoms with Gasteiger partial charge in [0.2, 0.25) is 0 Å². The summed E-state index contributed by atoms with van der Waals surface area (Å²) in [7, 11) is 0. The van der Waals surface area contributed by atoms with Gasteiger partial charge in [0.05, 0.1) is 0 Å². The minimum Gasteiger partial charge on any atom is -0.330 e. The fourth-order valence-corrected chi connectivity index (χ4v) is 1.23. The average Bonchev–Trinajstić information content (AvgIpc) is 2.26. The van der Waals surface area contributed by atoms with Crippen LogP contribution in [0.15, 0.2) is 36.5 Å². The van der Waals surface area contributed by atoms with Gasteiger partial charge >= 0.3 is 0 Å². The van der Waals surface area contributed by atoms with E-state index in [9.17, 15) is 0 Å². The second-order valence-corrected chi connectivity index (χ2v) is 2.75. The highest BCUT2D eigenvalue weighted by Gasteiger charge is 2.06. The van der Waals surface area contributed by atoms with Gasteiger partial charge in [-0.25, -0.2) is 0 Å². The second-order valence-electron chi connectivity index (χ2n) is 2.75. The maximum atomic E-state index is 5.64. The van der Waals surface area contributed by atoms with Gasteiger partial charge in [-0.3, -0.25) is 0 Å². The van der Waals surface area contributed by atoms with Crippen LogP contribution in [0.3, 0.4) is 0 Å². The van der Waals surface area contributed by atoms with Crippen molar-refractivity contribution in [3.63, 3.8) is 0 Å². The van der Waals surface area contributed by atoms with Crippen molar-refractivity contribution in [3.05, 3.63) is 36.5 Å². The molecule has 0 aromatic heterocycles. The van der Waals surface area contributed by atoms with Gasteiger partial charge in [-0.15, -0.1) is 6.58 Å². The van der Waals surface area contributed by atoms with E-state index >= 15 is 0 Å². The third kappa shape index (κ3) is 6.67. The van der Waals surface area contributed by atoms with Crippen LogP contribution < -0.4 is 5.73 Å². The monoisotopic (exact) mass is 195 g/mol. The van der Waals surface area contributed by atoms with E-state index in [2.05, 4.69) is 18.7 Å². The SMILES string of the molecule is C=CCC(CN)C(/C=C\C)=C/C.CC. The van der Waals surface area contributed by atoms with E-state index in [0.29, 0.717) is 12.5 Å². The highest BCUT2D eigenvalue weighted by Crippen LogP contribution is 2.15. The topological polar surface area (TPSA) is 26.0 Å². The maximum Gasteiger partial charge on any atom is -0.000537 e. The van der Waals surface area contributed by atoms with E-state index < -0.39 is 0 Å². The van der Waals surface area contributed by atoms with Crippen LogP contribution in [0.4, 0.5) is 0 Å². The quantitative estimate of drug-likeness (QED) is 0.525. The Labute approximate surface area is 89.4 Å². The molecular formula is C13H25N. The van der Waals surface area contributed by atoms with Gasteiger partial charge in [-0.1, -0.05) is 38.2 Å². The van der Waals surface area contributed by atoms with Crippen LogP contribution in [0.25, 0.3) is 0 Å². The average molecular weight is 195 g/mol. The Kier molecular flexibility index (Phi) is 13.6. The lowest BCUT2D eigenvalue weighted by Gasteiger charge is -2.13. The molecule has 2 N–H and O–H groups in total. The Morgan fingerprint density at radius 3 is 2.21 bits per heavy atom. The van der Waals surface area contributed by atoms with Gasteiger partial charge in [-0.05, 0) is 38.3 Å². The van der Waals surface area contributed by atoms with Gasteiger partial charge < -0.3 is 5.73 Å². The molecule has 0 saturated carbocycles. The molecule has 1 atom stereocenters. The summed E-state index contributed by atoms with van der Waals surface area (Å²) in [6.07, 6.45) is 9.15. The Balaban J connectivity index is 0. The van der Waals surface area contributed by atoms with Crippen LogP contribution in [-0.4, -0.2) is 6.54 Å². The van der Waals surface area contributed by atoms with Gasteiger partial charge in [0.15, 0.2) is 0 Å². The molecule has 0 spiro atoms. The number of nitrogens with two attached hydrogens (primary N) is 1. The molecule has 0 radical (unpaired) electrons. The van der Waals surface area contributed by atoms with Gasteiger partial charge in [0.25, 0.3) is 0 Å². The summed E-state index contributed by atoms with van der Waals surface area (Å²) in [5.41, 5.74) is 6.95. The predicted octanol–water partition coefficient (Wildman–Crippen LogP) is 3.69. The first-order valence-electron chi connectivity index (χ1n) is 5.40. The van der Waals surface area contributed by atoms with Crippen LogP contribution in [0, 0.1) is 5.92 Å². The maximum absolute atomic E-state index is 5.64. The molecule has 0 rings (SSSR count). The Morgan fingerprint density at radius 2 is 1.93 bits per heavy atom. The van der Waals surface area contributed by atoms with Crippen LogP contribution in [0.2, 0.25) is 0 Å². The molecule has 0 bridgehead atoms. The smallest absolute Gasteiger partial charge is 0.000537 e. The van der Waals surface area contributed by atoms with Crippen LogP contribution >= 0.6 is 0 Å². The highest BCUT2D eigenvalue weighted by molar-refractivity contribution is 5.21. The second kappa shape index (κ2) is 12.2. The number of hydrogen-bond acceptors (Lipinski definition) is 1. The molecule has 0 heterocycles. The zero-order valence-electron chi connectivity index (χ0n) is 10.1. The lowest BCUT2D eigenvalue weighted by molar-refractivity contribution is 0.648. The van der Waals surface area contributed by atoms with E-state index in [1.807, 2.05) is 39.8 Å². The summed E-state index contributed by atoms with van der Waals surface area (Å²) in [4.78, 5) is 0. The molecule has 0 aliphatic heterocycles. The van der Waals surface area contributed by atoms with E-state index in [1.165, 1.54) is 5.57 Å². The van der Waals surface area contributed by atoms with Crippen molar-refractivity contribution < 1.29 is 0 Å². The van der Waals surface area contributed by atoms with Gasteiger partial charge in [0.1, 0.15) is 0 Å². The first kappa shape index (κ1) is 15.6. The summed E-state index contributed by atoms with van der Waals surface area (Å²) in [5.74, 6) is 0.434. The minimum absolute atomic E-state index is 0.434. The lowest BCUT2D eigenvalue weighted by atomic mass is 9.95. The number of allylic oxidation sites excluding steroid dienone is 4. The summed E-state index contributed by atoms with van der Waals surface area (Å²) >= 11 is 0. The summed E-state index contributed by atoms with van der Waals surface area (Å²) in [6.45, 7) is 12.5. The van der Waals surface area contributed by atoms with Crippen molar-refractivity contribution >= 4 is 0 Å². The molecule has 0 fully saturated rings. The van der Waals surface area contributed by atoms with E-state index in [1.54, 1.807) is 0 Å². The molecule has 14 heavy (non-hydrogen) atoms. The molecule has 0 aromatic rings. The van der Waals surface area contributed by atoms with Crippen molar-refractivity contribution in [2.75, 3.05) is 6.54 Å². The van der Waals surface area contributed by atoms with Crippen molar-refractivity contribution in [1.29, 1.82) is 0 Å². The van der Waals surface area contributed by atoms with Crippen molar-refractivity contribution in [3.8, 4) is 0 Å². The molecule has 0 aliphatic rings. The summed E-state index contributed by atoms with van der Waals surface area (Å²) < 4.78 is 0. The zero-order chi connectivity index (χ0) is 11.4. The first-order valence-corrected chi connectivity index (χ1v) is 5.40. The molecule has 0 aliphatic carbocycles. The van der Waals surface area contributed by atoms with Crippen molar-refractivity contribution in [2.45, 2.75) is 34.1 Å². The van der Waals surface area contributed by atoms with E-state index in [0.717, 1.165) is 6.42 Å². The van der Waals surface area contributed by atoms with Gasteiger partial charge in [-0.2, -0.15) is 0 Å². The van der Waals surface area contributed by atoms with E-state index in [4.69, 9.17) is 5.73 Å². The minimum atomic E-state index is 0.434. The van der Waals surface area contributed by atoms with Crippen molar-refractivity contribution in [1.82, 2.24) is 0 Å². The Bertz CT molecular complexity index is 178. The number of hydrogen-bond donors (Lipinski definition) is 1. The fraction of sp³-hybridized carbons (Fsp3) is 0.538. The lowest BCUT2D eigenvalue weighted by Crippen LogP contribution is -2.15. The third-order valence-corrected chi connectivity index (χ3v) is 1.90. The zero-order valence-corrected chi connectivity index (χ0v) is 10.1. The molecule has 0 saturated heterocycles. The molecular weight excluding hydrogens is 170 g/mol. The molecule has 1 unspecified atom stereocenters. The Hall–Kier alpha value is -0.820. The molecule has 1 nitrogen and oxygen atoms in total. The normalized spacial score (nSPS) is 13.4. The van der Waals surface area contributed by atoms with Crippen LogP contribution in [0.5, 0.6) is 0 Å². The predicted molar refractivity (Wildman–Crippen MR) is 67.3 cm³/mol. The van der Waals surface area contributed by atoms with E-state index in [-0.39, 0.29) is 0 Å². The molecule has 0 amide bonds. The van der Waals surface area contributed by atoms with Crippen molar-refractivity contribution in [2.24, 2.45) is 11.7 Å². The Morgan fingerprint density at radius 1 is 1.36 bits per heavy atom. The standard InChI is InChI=1S/C11H19N.C2H6/c1-4-7-10(6-3)11(9-12)8-5-2;1-2/h4-7,11H,2,8-9,12H2,1,3H3;1-2H3/b7-4-,10-6+;. The summed E-state index contributed by atoms with van der Waals surface area (Å²) in [6, 6.07) is 0. The van der Waals surface area contributed by atoms with Crippen LogP contribution in [0.1, 0.15) is 34.1 Å². The highest BCUT2D eigenvalue weighted by atomic mass is 14.5. The number of rotatable bonds is 5. The third-order valence-electron chi connectivity index (χ3n) is 1.90. The fourth-order valence-electron chi connectivity index (χ4n) is 1.23. The first-order chi connectivity index (χ1) is 6.79. The molecule has 0 aromatic carbocycles. The van der Waals surface area contributed by atoms with Crippen LogP contribution in [-0.2, 0) is 0 Å². The molecule has 1 heteroatoms. The summed E-state index contributed by atoms with van der Waals surface area (Å²) in [5, 5.41) is 0.